The second-order valence-corrected chi connectivity index (χ2v) is 10.5. The van der Waals surface area contributed by atoms with E-state index in [1.807, 2.05) is 24.4 Å². The molecule has 1 saturated heterocycles. The van der Waals surface area contributed by atoms with E-state index in [1.54, 1.807) is 30.1 Å². The largest absolute Gasteiger partial charge is 0.378 e. The fourth-order valence-corrected chi connectivity index (χ4v) is 5.31. The molecular formula is C32H31FN4O2S. The van der Waals surface area contributed by atoms with E-state index in [0.29, 0.717) is 17.7 Å². The number of carbonyl (C=O) groups is 1. The maximum Gasteiger partial charge on any atom is 0.251 e. The Balaban J connectivity index is 1.27. The molecule has 4 aromatic rings. The molecule has 0 spiro atoms. The number of amides is 1. The summed E-state index contributed by atoms with van der Waals surface area (Å²) in [6.07, 6.45) is 5.32. The average molecular weight is 555 g/mol. The number of anilines is 1. The summed E-state index contributed by atoms with van der Waals surface area (Å²) in [6.45, 7) is 3.91. The number of ether oxygens (including phenoxy) is 1. The molecule has 1 amide bonds. The van der Waals surface area contributed by atoms with Gasteiger partial charge >= 0.3 is 0 Å². The second kappa shape index (κ2) is 13.8. The van der Waals surface area contributed by atoms with Crippen molar-refractivity contribution >= 4 is 23.4 Å². The van der Waals surface area contributed by atoms with Gasteiger partial charge < -0.3 is 15.0 Å². The molecule has 0 unspecified atom stereocenters. The molecule has 6 nitrogen and oxygen atoms in total. The molecule has 0 atom stereocenters. The molecule has 3 aromatic carbocycles. The van der Waals surface area contributed by atoms with Crippen molar-refractivity contribution in [2.75, 3.05) is 37.7 Å². The topological polar surface area (TPSA) is 70.2 Å². The summed E-state index contributed by atoms with van der Waals surface area (Å²) in [6, 6.07) is 20.4. The minimum absolute atomic E-state index is 0.132. The van der Waals surface area contributed by atoms with E-state index in [9.17, 15) is 9.18 Å². The maximum absolute atomic E-state index is 13.3. The fourth-order valence-electron chi connectivity index (χ4n) is 4.36. The van der Waals surface area contributed by atoms with Crippen molar-refractivity contribution < 1.29 is 13.9 Å². The van der Waals surface area contributed by atoms with Gasteiger partial charge in [-0.05, 0) is 78.6 Å². The van der Waals surface area contributed by atoms with Gasteiger partial charge in [0.2, 0.25) is 0 Å². The molecular weight excluding hydrogens is 523 g/mol. The average Bonchev–Trinajstić information content (AvgIpc) is 3.52. The van der Waals surface area contributed by atoms with E-state index in [1.165, 1.54) is 23.4 Å². The molecule has 0 aliphatic carbocycles. The van der Waals surface area contributed by atoms with Crippen molar-refractivity contribution in [2.24, 2.45) is 0 Å². The van der Waals surface area contributed by atoms with Crippen molar-refractivity contribution in [3.8, 4) is 11.8 Å². The van der Waals surface area contributed by atoms with E-state index in [-0.39, 0.29) is 11.7 Å². The number of benzene rings is 3. The molecule has 1 aliphatic heterocycles. The molecule has 1 aliphatic rings. The Hall–Kier alpha value is -4.06. The molecule has 0 saturated carbocycles. The smallest absolute Gasteiger partial charge is 0.251 e. The van der Waals surface area contributed by atoms with Crippen LogP contribution in [0.25, 0.3) is 0 Å². The van der Waals surface area contributed by atoms with Crippen LogP contribution in [0.2, 0.25) is 0 Å². The van der Waals surface area contributed by atoms with Crippen LogP contribution < -0.4 is 10.2 Å². The van der Waals surface area contributed by atoms with E-state index >= 15 is 0 Å². The van der Waals surface area contributed by atoms with Gasteiger partial charge in [-0.1, -0.05) is 24.0 Å². The highest BCUT2D eigenvalue weighted by atomic mass is 32.2. The Morgan fingerprint density at radius 2 is 1.82 bits per heavy atom. The van der Waals surface area contributed by atoms with E-state index < -0.39 is 0 Å². The molecule has 40 heavy (non-hydrogen) atoms. The molecule has 204 valence electrons. The van der Waals surface area contributed by atoms with Crippen molar-refractivity contribution in [3.05, 3.63) is 113 Å². The first-order valence-electron chi connectivity index (χ1n) is 13.4. The van der Waals surface area contributed by atoms with E-state index in [2.05, 4.69) is 56.5 Å². The Bertz CT molecular complexity index is 1460. The van der Waals surface area contributed by atoms with E-state index in [0.717, 1.165) is 60.9 Å². The van der Waals surface area contributed by atoms with Gasteiger partial charge in [0.05, 0.1) is 19.4 Å². The van der Waals surface area contributed by atoms with Crippen LogP contribution in [0.1, 0.15) is 39.0 Å². The Labute approximate surface area is 238 Å². The highest BCUT2D eigenvalue weighted by molar-refractivity contribution is 7.98. The van der Waals surface area contributed by atoms with Crippen LogP contribution in [-0.4, -0.2) is 49.0 Å². The quantitative estimate of drug-likeness (QED) is 0.164. The van der Waals surface area contributed by atoms with Crippen LogP contribution in [0.4, 0.5) is 10.1 Å². The lowest BCUT2D eigenvalue weighted by Crippen LogP contribution is -2.36. The maximum atomic E-state index is 13.3. The first-order chi connectivity index (χ1) is 19.6. The number of aryl methyl sites for hydroxylation is 1. The van der Waals surface area contributed by atoms with Crippen LogP contribution in [0, 0.1) is 17.7 Å². The van der Waals surface area contributed by atoms with Crippen LogP contribution >= 0.6 is 11.8 Å². The molecule has 2 N–H and O–H groups in total. The summed E-state index contributed by atoms with van der Waals surface area (Å²) in [5, 5.41) is 9.75. The van der Waals surface area contributed by atoms with Gasteiger partial charge in [0.1, 0.15) is 5.82 Å². The van der Waals surface area contributed by atoms with Crippen LogP contribution in [0.3, 0.4) is 0 Å². The van der Waals surface area contributed by atoms with Crippen LogP contribution in [0.15, 0.2) is 84.0 Å². The van der Waals surface area contributed by atoms with Gasteiger partial charge in [-0.25, -0.2) is 4.39 Å². The number of H-pyrrole nitrogens is 1. The number of aromatic amines is 1. The number of hydrogen-bond donors (Lipinski definition) is 2. The summed E-state index contributed by atoms with van der Waals surface area (Å²) >= 11 is 1.68. The SMILES string of the molecule is O=C(NCCCc1cn[nH]c1)c1ccc(SCc2ccc(N3CCOCC3)cc2)c(C#Cc2ccc(F)cc2)c1. The highest BCUT2D eigenvalue weighted by Crippen LogP contribution is 2.28. The third-order valence-corrected chi connectivity index (χ3v) is 7.76. The van der Waals surface area contributed by atoms with E-state index in [4.69, 9.17) is 4.74 Å². The summed E-state index contributed by atoms with van der Waals surface area (Å²) < 4.78 is 18.8. The van der Waals surface area contributed by atoms with Gasteiger partial charge in [0.25, 0.3) is 5.91 Å². The lowest BCUT2D eigenvalue weighted by Gasteiger charge is -2.28. The summed E-state index contributed by atoms with van der Waals surface area (Å²) in [4.78, 5) is 16.2. The summed E-state index contributed by atoms with van der Waals surface area (Å²) in [7, 11) is 0. The zero-order chi connectivity index (χ0) is 27.6. The lowest BCUT2D eigenvalue weighted by molar-refractivity contribution is 0.0953. The molecule has 8 heteroatoms. The predicted molar refractivity (Wildman–Crippen MR) is 157 cm³/mol. The molecule has 5 rings (SSSR count). The normalized spacial score (nSPS) is 13.0. The minimum Gasteiger partial charge on any atom is -0.378 e. The third-order valence-electron chi connectivity index (χ3n) is 6.62. The van der Waals surface area contributed by atoms with Gasteiger partial charge in [-0.15, -0.1) is 11.8 Å². The lowest BCUT2D eigenvalue weighted by atomic mass is 10.1. The number of thioether (sulfide) groups is 1. The Morgan fingerprint density at radius 3 is 2.58 bits per heavy atom. The minimum atomic E-state index is -0.298. The first-order valence-corrected chi connectivity index (χ1v) is 14.3. The molecule has 1 aromatic heterocycles. The Morgan fingerprint density at radius 1 is 1.02 bits per heavy atom. The highest BCUT2D eigenvalue weighted by Gasteiger charge is 2.12. The zero-order valence-electron chi connectivity index (χ0n) is 22.2. The molecule has 0 bridgehead atoms. The number of nitrogens with zero attached hydrogens (tertiary/aromatic N) is 2. The van der Waals surface area contributed by atoms with Crippen LogP contribution in [0.5, 0.6) is 0 Å². The van der Waals surface area contributed by atoms with Crippen molar-refractivity contribution in [2.45, 2.75) is 23.5 Å². The first kappa shape index (κ1) is 27.5. The van der Waals surface area contributed by atoms with Gasteiger partial charge in [-0.2, -0.15) is 5.10 Å². The number of morpholine rings is 1. The van der Waals surface area contributed by atoms with Crippen molar-refractivity contribution in [1.29, 1.82) is 0 Å². The van der Waals surface area contributed by atoms with Gasteiger partial charge in [0.15, 0.2) is 0 Å². The molecule has 0 radical (unpaired) electrons. The monoisotopic (exact) mass is 554 g/mol. The van der Waals surface area contributed by atoms with Crippen molar-refractivity contribution in [3.63, 3.8) is 0 Å². The Kier molecular flexibility index (Phi) is 9.51. The third kappa shape index (κ3) is 7.75. The zero-order valence-corrected chi connectivity index (χ0v) is 23.0. The van der Waals surface area contributed by atoms with Gasteiger partial charge in [0, 0.05) is 58.9 Å². The number of hydrogen-bond acceptors (Lipinski definition) is 5. The summed E-state index contributed by atoms with van der Waals surface area (Å²) in [5.41, 5.74) is 5.58. The predicted octanol–water partition coefficient (Wildman–Crippen LogP) is 5.44. The standard InChI is InChI=1S/C32H31FN4O2S/c33-29-10-4-24(5-11-29)3-8-27-20-28(32(38)34-15-1-2-26-21-35-36-22-26)9-14-31(27)40-23-25-6-12-30(13-7-25)37-16-18-39-19-17-37/h4-7,9-14,20-22H,1-2,15-19,23H2,(H,34,38)(H,35,36). The number of carbonyl (C=O) groups excluding carboxylic acids is 1. The van der Waals surface area contributed by atoms with Crippen LogP contribution in [-0.2, 0) is 16.9 Å². The van der Waals surface area contributed by atoms with Crippen molar-refractivity contribution in [1.82, 2.24) is 15.5 Å². The summed E-state index contributed by atoms with van der Waals surface area (Å²) in [5.74, 6) is 6.68. The number of rotatable bonds is 9. The molecule has 1 fully saturated rings. The fraction of sp³-hybridized carbons (Fsp3) is 0.250. The molecule has 2 heterocycles. The number of aromatic nitrogens is 2. The second-order valence-electron chi connectivity index (χ2n) is 9.49. The van der Waals surface area contributed by atoms with Gasteiger partial charge in [-0.3, -0.25) is 9.89 Å². The number of nitrogens with one attached hydrogen (secondary N) is 2. The number of halogens is 1.